The molecule has 2 aromatic heterocycles. The average Bonchev–Trinajstić information content (AvgIpc) is 3.51. The van der Waals surface area contributed by atoms with Crippen molar-refractivity contribution < 1.29 is 13.2 Å². The lowest BCUT2D eigenvalue weighted by Gasteiger charge is -2.28. The van der Waals surface area contributed by atoms with Gasteiger partial charge in [-0.2, -0.15) is 23.7 Å². The molecule has 2 aliphatic rings. The topological polar surface area (TPSA) is 130 Å². The van der Waals surface area contributed by atoms with E-state index in [1.54, 1.807) is 12.4 Å². The van der Waals surface area contributed by atoms with Crippen molar-refractivity contribution in [1.82, 2.24) is 30.5 Å². The van der Waals surface area contributed by atoms with Crippen molar-refractivity contribution in [3.8, 4) is 23.4 Å². The Kier molecular flexibility index (Phi) is 7.77. The molecule has 1 aliphatic carbocycles. The lowest BCUT2D eigenvalue weighted by molar-refractivity contribution is -0.195. The number of aryl methyl sites for hydroxylation is 1. The SMILES string of the molecule is Cc1c(-c2cn(C)cn2)cccc1[C@H](Nc1cc(C#N)c2ncc(C#N)c(NCC(C)(C)C)c2c1)C1=CN(C2(C(F)(F)F)CC2)NN1. The zero-order valence-corrected chi connectivity index (χ0v) is 26.7. The minimum atomic E-state index is -4.42. The number of hydrazine groups is 2. The molecule has 0 radical (unpaired) electrons. The van der Waals surface area contributed by atoms with E-state index >= 15 is 0 Å². The number of alkyl halides is 3. The molecular weight excluding hydrogens is 605 g/mol. The second-order valence-electron chi connectivity index (χ2n) is 13.3. The van der Waals surface area contributed by atoms with Crippen molar-refractivity contribution in [1.29, 1.82) is 10.5 Å². The Hall–Kier alpha value is -5.27. The Morgan fingerprint density at radius 1 is 1.09 bits per heavy atom. The number of rotatable bonds is 8. The summed E-state index contributed by atoms with van der Waals surface area (Å²) in [4.78, 5) is 8.96. The molecule has 6 rings (SSSR count). The maximum absolute atomic E-state index is 14.1. The van der Waals surface area contributed by atoms with Gasteiger partial charge in [-0.15, -0.1) is 5.53 Å². The van der Waals surface area contributed by atoms with Gasteiger partial charge in [0.2, 0.25) is 0 Å². The summed E-state index contributed by atoms with van der Waals surface area (Å²) in [5.41, 5.74) is 9.53. The average molecular weight is 641 g/mol. The van der Waals surface area contributed by atoms with E-state index < -0.39 is 17.8 Å². The summed E-state index contributed by atoms with van der Waals surface area (Å²) in [5, 5.41) is 28.7. The monoisotopic (exact) mass is 640 g/mol. The maximum atomic E-state index is 14.1. The maximum Gasteiger partial charge on any atom is 0.413 e. The molecule has 0 amide bonds. The molecule has 0 unspecified atom stereocenters. The van der Waals surface area contributed by atoms with Crippen LogP contribution in [0, 0.1) is 35.0 Å². The number of pyridine rings is 1. The van der Waals surface area contributed by atoms with Gasteiger partial charge >= 0.3 is 6.18 Å². The zero-order chi connectivity index (χ0) is 33.7. The second-order valence-corrected chi connectivity index (χ2v) is 13.3. The number of hydrogen-bond acceptors (Lipinski definition) is 9. The fourth-order valence-corrected chi connectivity index (χ4v) is 5.87. The van der Waals surface area contributed by atoms with Gasteiger partial charge in [0.15, 0.2) is 5.54 Å². The van der Waals surface area contributed by atoms with Crippen LogP contribution >= 0.6 is 0 Å². The minimum absolute atomic E-state index is 0.0178. The first-order chi connectivity index (χ1) is 22.2. The van der Waals surface area contributed by atoms with Crippen LogP contribution in [0.1, 0.15) is 61.9 Å². The highest BCUT2D eigenvalue weighted by Crippen LogP contribution is 2.54. The Morgan fingerprint density at radius 2 is 1.83 bits per heavy atom. The number of fused-ring (bicyclic) bond motifs is 1. The van der Waals surface area contributed by atoms with Gasteiger partial charge in [-0.3, -0.25) is 9.99 Å². The number of imidazole rings is 1. The van der Waals surface area contributed by atoms with Gasteiger partial charge in [-0.25, -0.2) is 4.98 Å². The highest BCUT2D eigenvalue weighted by atomic mass is 19.4. The van der Waals surface area contributed by atoms with Crippen LogP contribution in [-0.4, -0.2) is 37.8 Å². The molecule has 242 valence electrons. The first-order valence-corrected chi connectivity index (χ1v) is 15.2. The lowest BCUT2D eigenvalue weighted by Crippen LogP contribution is -2.52. The van der Waals surface area contributed by atoms with E-state index in [0.29, 0.717) is 40.1 Å². The van der Waals surface area contributed by atoms with Crippen molar-refractivity contribution in [3.63, 3.8) is 0 Å². The summed E-state index contributed by atoms with van der Waals surface area (Å²) >= 11 is 0. The van der Waals surface area contributed by atoms with Crippen LogP contribution in [-0.2, 0) is 7.05 Å². The fraction of sp³-hybridized carbons (Fsp3) is 0.353. The molecule has 4 aromatic rings. The third kappa shape index (κ3) is 5.90. The predicted molar refractivity (Wildman–Crippen MR) is 173 cm³/mol. The molecule has 1 fully saturated rings. The van der Waals surface area contributed by atoms with Crippen LogP contribution in [0.3, 0.4) is 0 Å². The van der Waals surface area contributed by atoms with E-state index in [-0.39, 0.29) is 23.8 Å². The number of aromatic nitrogens is 3. The molecule has 2 aromatic carbocycles. The number of benzene rings is 2. The Labute approximate surface area is 270 Å². The Bertz CT molecular complexity index is 1970. The number of halogens is 3. The van der Waals surface area contributed by atoms with Gasteiger partial charge in [0.05, 0.1) is 46.1 Å². The van der Waals surface area contributed by atoms with Gasteiger partial charge in [0.25, 0.3) is 0 Å². The first kappa shape index (κ1) is 31.7. The minimum Gasteiger partial charge on any atom is -0.383 e. The summed E-state index contributed by atoms with van der Waals surface area (Å²) in [6, 6.07) is 13.0. The lowest BCUT2D eigenvalue weighted by atomic mass is 9.93. The van der Waals surface area contributed by atoms with Crippen molar-refractivity contribution in [2.24, 2.45) is 12.5 Å². The summed E-state index contributed by atoms with van der Waals surface area (Å²) in [6.07, 6.45) is 2.07. The largest absolute Gasteiger partial charge is 0.413 e. The Balaban J connectivity index is 1.49. The van der Waals surface area contributed by atoms with Crippen LogP contribution in [0.15, 0.2) is 60.9 Å². The molecule has 1 saturated carbocycles. The summed E-state index contributed by atoms with van der Waals surface area (Å²) < 4.78 is 44.1. The zero-order valence-electron chi connectivity index (χ0n) is 26.7. The number of anilines is 2. The summed E-state index contributed by atoms with van der Waals surface area (Å²) in [7, 11) is 1.88. The standard InChI is InChI=1S/C34H35F3N10/c1-20-24(27-16-46(5)19-42-27)7-6-8-25(20)31(28-17-47(45-44-28)33(9-10-33)34(35,36)37)43-23-11-21(13-38)29-26(12-23)30(22(14-39)15-40-29)41-18-32(2,3)4/h6-8,11-12,15-17,19,31,43-45H,9-10,18H2,1-5H3,(H,40,41)/t31-/m0/s1. The predicted octanol–water partition coefficient (Wildman–Crippen LogP) is 6.56. The van der Waals surface area contributed by atoms with Gasteiger partial charge in [0, 0.05) is 48.8 Å². The van der Waals surface area contributed by atoms with Crippen LogP contribution in [0.2, 0.25) is 0 Å². The van der Waals surface area contributed by atoms with Gasteiger partial charge in [-0.1, -0.05) is 39.0 Å². The van der Waals surface area contributed by atoms with Crippen LogP contribution in [0.5, 0.6) is 0 Å². The van der Waals surface area contributed by atoms with Gasteiger partial charge in [-0.05, 0) is 48.4 Å². The number of nitrogens with one attached hydrogen (secondary N) is 4. The van der Waals surface area contributed by atoms with Gasteiger partial charge < -0.3 is 20.6 Å². The van der Waals surface area contributed by atoms with Gasteiger partial charge in [0.1, 0.15) is 12.1 Å². The van der Waals surface area contributed by atoms with Crippen molar-refractivity contribution in [2.75, 3.05) is 17.2 Å². The molecule has 10 nitrogen and oxygen atoms in total. The molecule has 4 N–H and O–H groups in total. The van der Waals surface area contributed by atoms with E-state index in [4.69, 9.17) is 0 Å². The normalized spacial score (nSPS) is 16.2. The molecule has 1 aliphatic heterocycles. The smallest absolute Gasteiger partial charge is 0.383 e. The van der Waals surface area contributed by atoms with Crippen LogP contribution in [0.4, 0.5) is 24.5 Å². The van der Waals surface area contributed by atoms with Crippen LogP contribution < -0.4 is 21.6 Å². The molecule has 0 saturated heterocycles. The molecule has 0 bridgehead atoms. The summed E-state index contributed by atoms with van der Waals surface area (Å²) in [5.74, 6) is 0. The van der Waals surface area contributed by atoms with E-state index in [2.05, 4.69) is 64.5 Å². The number of nitrogens with zero attached hydrogens (tertiary/aromatic N) is 6. The number of hydrogen-bond donors (Lipinski definition) is 4. The molecule has 3 heterocycles. The molecule has 13 heteroatoms. The molecular formula is C34H35F3N10. The highest BCUT2D eigenvalue weighted by Gasteiger charge is 2.67. The Morgan fingerprint density at radius 3 is 2.45 bits per heavy atom. The molecule has 1 atom stereocenters. The van der Waals surface area contributed by atoms with E-state index in [9.17, 15) is 23.7 Å². The highest BCUT2D eigenvalue weighted by molar-refractivity contribution is 5.99. The second kappa shape index (κ2) is 11.5. The van der Waals surface area contributed by atoms with Crippen LogP contribution in [0.25, 0.3) is 22.2 Å². The van der Waals surface area contributed by atoms with E-state index in [0.717, 1.165) is 27.4 Å². The van der Waals surface area contributed by atoms with E-state index in [1.807, 2.05) is 49.0 Å². The fourth-order valence-electron chi connectivity index (χ4n) is 5.87. The van der Waals surface area contributed by atoms with Crippen molar-refractivity contribution >= 4 is 22.3 Å². The third-order valence-electron chi connectivity index (χ3n) is 8.60. The number of nitriles is 2. The first-order valence-electron chi connectivity index (χ1n) is 15.2. The van der Waals surface area contributed by atoms with Crippen molar-refractivity contribution in [2.45, 2.75) is 58.3 Å². The third-order valence-corrected chi connectivity index (χ3v) is 8.60. The van der Waals surface area contributed by atoms with E-state index in [1.165, 1.54) is 12.4 Å². The summed E-state index contributed by atoms with van der Waals surface area (Å²) in [6.45, 7) is 8.71. The molecule has 0 spiro atoms. The quantitative estimate of drug-likeness (QED) is 0.169. The molecule has 47 heavy (non-hydrogen) atoms. The van der Waals surface area contributed by atoms with Crippen molar-refractivity contribution in [3.05, 3.63) is 83.2 Å².